The number of methoxy groups -OCH3 is 2. The number of amides is 3. The number of benzene rings is 1. The standard InChI is InChI=1S/C47H63ClN4O14S/c1-25-10-9-11-35(63-8)47(61)23-33(64-45(60)49-47)26(2)41-46(4,66-41)36(22-38(54)51(6)31-19-29(18-25)20-32(62-7)40(31)48)65-44(59)27(3)50(5)37(53)16-17-67-34-21-39(55)52(42(34)56)24-28-12-14-30(15-13-28)43(57)58/h9-11,19-21,26-28,30,33,35-36,41,55-56,61H,12-18,22-24H2,1-8H3,(H,49,60)(H,57,58). The van der Waals surface area contributed by atoms with Crippen molar-refractivity contribution in [2.75, 3.05) is 39.0 Å². The monoisotopic (exact) mass is 974 g/mol. The van der Waals surface area contributed by atoms with Crippen molar-refractivity contribution in [3.63, 3.8) is 0 Å². The van der Waals surface area contributed by atoms with Crippen LogP contribution in [0.2, 0.25) is 5.02 Å². The number of rotatable bonds is 12. The number of nitrogens with one attached hydrogen (secondary N) is 1. The van der Waals surface area contributed by atoms with Crippen LogP contribution in [0.1, 0.15) is 78.2 Å². The lowest BCUT2D eigenvalue weighted by Crippen LogP contribution is -2.63. The van der Waals surface area contributed by atoms with Crippen molar-refractivity contribution in [2.45, 2.75) is 132 Å². The molecule has 8 atom stereocenters. The molecule has 0 radical (unpaired) electrons. The Labute approximate surface area is 399 Å². The van der Waals surface area contributed by atoms with Gasteiger partial charge in [0.25, 0.3) is 0 Å². The van der Waals surface area contributed by atoms with Gasteiger partial charge in [0.15, 0.2) is 11.6 Å². The molecule has 1 aliphatic carbocycles. The number of allylic oxidation sites excluding steroid dienone is 3. The lowest BCUT2D eigenvalue weighted by Gasteiger charge is -2.42. The fourth-order valence-corrected chi connectivity index (χ4v) is 10.5. The van der Waals surface area contributed by atoms with Crippen molar-refractivity contribution in [2.24, 2.45) is 17.8 Å². The van der Waals surface area contributed by atoms with Crippen molar-refractivity contribution in [1.29, 1.82) is 0 Å². The highest BCUT2D eigenvalue weighted by molar-refractivity contribution is 7.99. The van der Waals surface area contributed by atoms with Crippen molar-refractivity contribution in [3.05, 3.63) is 52.6 Å². The SMILES string of the molecule is COc1cc2cc(c1Cl)N(C)C(=O)CC(OC(=O)C(C)N(C)C(=O)CCSc1cc(O)n(CC3CCC(C(=O)O)CC3)c1O)C1(C)OC1C(C)C1CC(O)(NC(=O)O1)C(OC)C=CC=C(C)C2. The predicted octanol–water partition coefficient (Wildman–Crippen LogP) is 5.80. The second kappa shape index (κ2) is 21.1. The summed E-state index contributed by atoms with van der Waals surface area (Å²) < 4.78 is 30.8. The Bertz CT molecular complexity index is 2260. The van der Waals surface area contributed by atoms with Crippen LogP contribution in [0, 0.1) is 17.8 Å². The topological polar surface area (TPSA) is 239 Å². The fraction of sp³-hybridized carbons (Fsp3) is 0.596. The molecule has 1 aromatic heterocycles. The number of likely N-dealkylation sites (N-methyl/N-ethyl adjacent to an activating group) is 1. The molecule has 4 heterocycles. The number of halogens is 1. The Morgan fingerprint density at radius 3 is 2.48 bits per heavy atom. The molecule has 4 bridgehead atoms. The van der Waals surface area contributed by atoms with Gasteiger partial charge in [-0.2, -0.15) is 0 Å². The molecule has 2 aromatic rings. The first-order valence-corrected chi connectivity index (χ1v) is 23.8. The number of aliphatic hydroxyl groups is 1. The highest BCUT2D eigenvalue weighted by Gasteiger charge is 2.64. The minimum atomic E-state index is -1.87. The van der Waals surface area contributed by atoms with E-state index in [1.165, 1.54) is 48.6 Å². The van der Waals surface area contributed by atoms with E-state index in [-0.39, 0.29) is 53.6 Å². The Hall–Kier alpha value is -4.95. The first kappa shape index (κ1) is 51.4. The maximum Gasteiger partial charge on any atom is 0.409 e. The predicted molar refractivity (Wildman–Crippen MR) is 247 cm³/mol. The van der Waals surface area contributed by atoms with Crippen molar-refractivity contribution < 1.29 is 68.1 Å². The van der Waals surface area contributed by atoms with Gasteiger partial charge in [0.1, 0.15) is 40.7 Å². The summed E-state index contributed by atoms with van der Waals surface area (Å²) in [5, 5.41) is 45.4. The Kier molecular flexibility index (Phi) is 16.2. The van der Waals surface area contributed by atoms with Crippen LogP contribution in [0.25, 0.3) is 0 Å². The number of carboxylic acids is 1. The fourth-order valence-electron chi connectivity index (χ4n) is 9.28. The molecule has 8 unspecified atom stereocenters. The third kappa shape index (κ3) is 11.5. The van der Waals surface area contributed by atoms with E-state index in [4.69, 9.17) is 35.3 Å². The Morgan fingerprint density at radius 2 is 1.82 bits per heavy atom. The molecule has 18 nitrogen and oxygen atoms in total. The molecule has 2 saturated heterocycles. The normalized spacial score (nSPS) is 29.4. The summed E-state index contributed by atoms with van der Waals surface area (Å²) in [7, 11) is 5.89. The molecular weight excluding hydrogens is 912 g/mol. The minimum absolute atomic E-state index is 0.0455. The van der Waals surface area contributed by atoms with Gasteiger partial charge in [0.05, 0.1) is 36.1 Å². The van der Waals surface area contributed by atoms with E-state index in [1.54, 1.807) is 45.2 Å². The molecule has 1 aromatic carbocycles. The number of carbonyl (C=O) groups is 5. The second-order valence-corrected chi connectivity index (χ2v) is 19.9. The zero-order chi connectivity index (χ0) is 49.1. The number of aliphatic carboxylic acids is 1. The number of thioether (sulfide) groups is 1. The number of carboxylic acid groups (broad SMARTS) is 1. The molecule has 20 heteroatoms. The van der Waals surface area contributed by atoms with Gasteiger partial charge in [-0.15, -0.1) is 11.8 Å². The maximum atomic E-state index is 14.3. The molecule has 3 aliphatic heterocycles. The smallest absolute Gasteiger partial charge is 0.409 e. The van der Waals surface area contributed by atoms with Gasteiger partial charge in [-0.1, -0.05) is 42.3 Å². The Morgan fingerprint density at radius 1 is 1.12 bits per heavy atom. The number of fused-ring (bicyclic) bond motifs is 5. The molecule has 0 spiro atoms. The van der Waals surface area contributed by atoms with Crippen LogP contribution >= 0.6 is 23.4 Å². The van der Waals surface area contributed by atoms with Crippen LogP contribution < -0.4 is 15.0 Å². The molecule has 4 aliphatic rings. The van der Waals surface area contributed by atoms with E-state index in [9.17, 15) is 44.4 Å². The van der Waals surface area contributed by atoms with Crippen LogP contribution in [-0.2, 0) is 51.1 Å². The zero-order valence-electron chi connectivity index (χ0n) is 39.2. The average Bonchev–Trinajstić information content (AvgIpc) is 3.91. The van der Waals surface area contributed by atoms with Gasteiger partial charge >= 0.3 is 18.0 Å². The average molecular weight is 976 g/mol. The summed E-state index contributed by atoms with van der Waals surface area (Å²) in [6.45, 7) is 7.19. The highest BCUT2D eigenvalue weighted by atomic mass is 35.5. The van der Waals surface area contributed by atoms with Crippen LogP contribution in [0.3, 0.4) is 0 Å². The number of hydrogen-bond donors (Lipinski definition) is 5. The maximum absolute atomic E-state index is 14.3. The van der Waals surface area contributed by atoms with Crippen LogP contribution in [-0.4, -0.2) is 136 Å². The quantitative estimate of drug-likeness (QED) is 0.0960. The second-order valence-electron chi connectivity index (χ2n) is 18.4. The summed E-state index contributed by atoms with van der Waals surface area (Å²) in [4.78, 5) is 69.2. The van der Waals surface area contributed by atoms with E-state index in [0.29, 0.717) is 55.0 Å². The van der Waals surface area contributed by atoms with Crippen molar-refractivity contribution in [1.82, 2.24) is 14.8 Å². The van der Waals surface area contributed by atoms with E-state index >= 15 is 0 Å². The van der Waals surface area contributed by atoms with E-state index < -0.39 is 77.5 Å². The molecule has 3 amide bonds. The van der Waals surface area contributed by atoms with Gasteiger partial charge in [0.2, 0.25) is 17.7 Å². The third-order valence-electron chi connectivity index (χ3n) is 13.7. The summed E-state index contributed by atoms with van der Waals surface area (Å²) in [6, 6.07) is 3.84. The number of aromatic hydroxyl groups is 2. The lowest BCUT2D eigenvalue weighted by atomic mass is 9.82. The van der Waals surface area contributed by atoms with Crippen LogP contribution in [0.4, 0.5) is 10.5 Å². The summed E-state index contributed by atoms with van der Waals surface area (Å²) in [5.74, 6) is -3.15. The van der Waals surface area contributed by atoms with Gasteiger partial charge < -0.3 is 53.9 Å². The minimum Gasteiger partial charge on any atom is -0.495 e. The lowest BCUT2D eigenvalue weighted by molar-refractivity contribution is -0.162. The first-order valence-electron chi connectivity index (χ1n) is 22.4. The number of esters is 1. The number of anilines is 1. The number of epoxide rings is 1. The van der Waals surface area contributed by atoms with Crippen molar-refractivity contribution in [3.8, 4) is 17.5 Å². The largest absolute Gasteiger partial charge is 0.495 e. The molecule has 5 N–H and O–H groups in total. The summed E-state index contributed by atoms with van der Waals surface area (Å²) in [6.07, 6.45) is 2.78. The van der Waals surface area contributed by atoms with Gasteiger partial charge in [-0.3, -0.25) is 24.3 Å². The van der Waals surface area contributed by atoms with E-state index in [1.807, 2.05) is 13.0 Å². The van der Waals surface area contributed by atoms with Gasteiger partial charge in [-0.05, 0) is 76.5 Å². The van der Waals surface area contributed by atoms with Crippen LogP contribution in [0.5, 0.6) is 17.5 Å². The third-order valence-corrected chi connectivity index (χ3v) is 15.1. The van der Waals surface area contributed by atoms with E-state index in [2.05, 4.69) is 5.32 Å². The Balaban J connectivity index is 1.18. The summed E-state index contributed by atoms with van der Waals surface area (Å²) in [5.41, 5.74) is -1.15. The van der Waals surface area contributed by atoms with E-state index in [0.717, 1.165) is 22.9 Å². The number of aromatic nitrogens is 1. The molecule has 6 rings (SSSR count). The molecule has 3 fully saturated rings. The molecule has 67 heavy (non-hydrogen) atoms. The number of hydrogen-bond acceptors (Lipinski definition) is 14. The highest BCUT2D eigenvalue weighted by Crippen LogP contribution is 2.49. The summed E-state index contributed by atoms with van der Waals surface area (Å²) >= 11 is 7.96. The number of alkyl carbamates (subject to hydrolysis) is 1. The number of ether oxygens (including phenoxy) is 5. The van der Waals surface area contributed by atoms with Gasteiger partial charge in [-0.25, -0.2) is 9.59 Å². The van der Waals surface area contributed by atoms with Crippen LogP contribution in [0.15, 0.2) is 46.9 Å². The zero-order valence-corrected chi connectivity index (χ0v) is 40.7. The molecule has 368 valence electrons. The number of nitrogens with zero attached hydrogens (tertiary/aromatic N) is 3. The first-order chi connectivity index (χ1) is 31.6. The molecule has 1 saturated carbocycles. The van der Waals surface area contributed by atoms with Crippen molar-refractivity contribution >= 4 is 58.9 Å². The molecular formula is C47H63ClN4O14S. The number of carbonyl (C=O) groups excluding carboxylic acids is 4. The van der Waals surface area contributed by atoms with Gasteiger partial charge in [0, 0.05) is 58.3 Å².